The van der Waals surface area contributed by atoms with Gasteiger partial charge in [-0.25, -0.2) is 8.42 Å². The number of sulfonamides is 1. The van der Waals surface area contributed by atoms with Crippen LogP contribution < -0.4 is 14.9 Å². The van der Waals surface area contributed by atoms with Crippen LogP contribution in [0, 0.1) is 0 Å². The molecule has 1 aliphatic heterocycles. The Balaban J connectivity index is 1.59. The molecule has 2 atom stereocenters. The molecule has 12 heteroatoms. The van der Waals surface area contributed by atoms with Gasteiger partial charge >= 0.3 is 5.97 Å². The highest BCUT2D eigenvalue weighted by atomic mass is 32.2. The molecule has 1 unspecified atom stereocenters. The summed E-state index contributed by atoms with van der Waals surface area (Å²) in [7, 11) is -4.33. The predicted octanol–water partition coefficient (Wildman–Crippen LogP) is 2.49. The number of amides is 2. The van der Waals surface area contributed by atoms with Crippen LogP contribution in [0.1, 0.15) is 17.5 Å². The van der Waals surface area contributed by atoms with Crippen molar-refractivity contribution in [1.29, 1.82) is 0 Å². The van der Waals surface area contributed by atoms with Gasteiger partial charge in [-0.15, -0.1) is 0 Å². The van der Waals surface area contributed by atoms with Crippen molar-refractivity contribution in [3.63, 3.8) is 0 Å². The second kappa shape index (κ2) is 12.3. The molecule has 1 heterocycles. The summed E-state index contributed by atoms with van der Waals surface area (Å²) < 4.78 is 30.0. The number of carbonyl (C=O) groups is 4. The minimum atomic E-state index is -4.33. The Morgan fingerprint density at radius 3 is 2.35 bits per heavy atom. The SMILES string of the molecule is O=C[C@H](CC(=O)O)NC(=O)CN1C(=O)C(NS(=O)(=O)c2cccc3ccccc23)N=C(c2ccccc2)c2ccccc21. The van der Waals surface area contributed by atoms with Gasteiger partial charge in [0.1, 0.15) is 12.8 Å². The Kier molecular flexibility index (Phi) is 8.41. The Morgan fingerprint density at radius 1 is 0.930 bits per heavy atom. The number of nitrogens with zero attached hydrogens (tertiary/aromatic N) is 2. The average Bonchev–Trinajstić information content (AvgIpc) is 3.11. The summed E-state index contributed by atoms with van der Waals surface area (Å²) in [5.74, 6) is -2.96. The van der Waals surface area contributed by atoms with Crippen LogP contribution in [0.5, 0.6) is 0 Å². The molecule has 0 spiro atoms. The summed E-state index contributed by atoms with van der Waals surface area (Å²) in [6, 6.07) is 25.9. The number of nitrogens with one attached hydrogen (secondary N) is 2. The monoisotopic (exact) mass is 598 g/mol. The number of anilines is 1. The highest BCUT2D eigenvalue weighted by Crippen LogP contribution is 2.29. The summed E-state index contributed by atoms with van der Waals surface area (Å²) in [5.41, 5.74) is 1.65. The summed E-state index contributed by atoms with van der Waals surface area (Å²) in [6.45, 7) is -0.635. The largest absolute Gasteiger partial charge is 0.481 e. The van der Waals surface area contributed by atoms with Crippen LogP contribution in [-0.2, 0) is 29.2 Å². The Hall–Kier alpha value is -5.20. The molecular formula is C31H26N4O7S. The second-order valence-corrected chi connectivity index (χ2v) is 11.4. The maximum absolute atomic E-state index is 14.1. The van der Waals surface area contributed by atoms with Gasteiger partial charge in [0.05, 0.1) is 28.8 Å². The van der Waals surface area contributed by atoms with Gasteiger partial charge in [-0.1, -0.05) is 84.9 Å². The molecule has 3 N–H and O–H groups in total. The first-order valence-electron chi connectivity index (χ1n) is 13.2. The van der Waals surface area contributed by atoms with E-state index in [1.165, 1.54) is 6.07 Å². The van der Waals surface area contributed by atoms with E-state index in [0.29, 0.717) is 33.9 Å². The van der Waals surface area contributed by atoms with Crippen molar-refractivity contribution < 1.29 is 32.7 Å². The molecule has 1 aliphatic rings. The highest BCUT2D eigenvalue weighted by molar-refractivity contribution is 7.89. The van der Waals surface area contributed by atoms with Gasteiger partial charge in [0.2, 0.25) is 15.9 Å². The van der Waals surface area contributed by atoms with Crippen LogP contribution in [0.15, 0.2) is 107 Å². The van der Waals surface area contributed by atoms with Gasteiger partial charge in [0.15, 0.2) is 6.17 Å². The third-order valence-corrected chi connectivity index (χ3v) is 8.24. The first-order chi connectivity index (χ1) is 20.7. The van der Waals surface area contributed by atoms with E-state index < -0.39 is 53.0 Å². The van der Waals surface area contributed by atoms with Crippen LogP contribution in [0.3, 0.4) is 0 Å². The molecular weight excluding hydrogens is 572 g/mol. The van der Waals surface area contributed by atoms with Gasteiger partial charge in [0.25, 0.3) is 5.91 Å². The number of fused-ring (bicyclic) bond motifs is 2. The summed E-state index contributed by atoms with van der Waals surface area (Å²) in [4.78, 5) is 55.2. The van der Waals surface area contributed by atoms with E-state index in [0.717, 1.165) is 4.90 Å². The van der Waals surface area contributed by atoms with Crippen LogP contribution in [0.4, 0.5) is 5.69 Å². The zero-order chi connectivity index (χ0) is 30.6. The van der Waals surface area contributed by atoms with Crippen LogP contribution in [-0.4, -0.2) is 62.1 Å². The predicted molar refractivity (Wildman–Crippen MR) is 159 cm³/mol. The van der Waals surface area contributed by atoms with Gasteiger partial charge in [-0.05, 0) is 17.5 Å². The lowest BCUT2D eigenvalue weighted by Crippen LogP contribution is -2.51. The van der Waals surface area contributed by atoms with Crippen molar-refractivity contribution in [2.45, 2.75) is 23.5 Å². The van der Waals surface area contributed by atoms with Gasteiger partial charge in [-0.2, -0.15) is 4.72 Å². The van der Waals surface area contributed by atoms with Crippen molar-refractivity contribution in [1.82, 2.24) is 10.0 Å². The number of aliphatic imine (C=N–C) groups is 1. The van der Waals surface area contributed by atoms with Crippen molar-refractivity contribution >= 4 is 56.3 Å². The van der Waals surface area contributed by atoms with E-state index in [1.807, 2.05) is 0 Å². The molecule has 43 heavy (non-hydrogen) atoms. The zero-order valence-electron chi connectivity index (χ0n) is 22.6. The number of carboxylic acids is 1. The molecule has 0 aromatic heterocycles. The molecule has 218 valence electrons. The van der Waals surface area contributed by atoms with E-state index in [9.17, 15) is 27.6 Å². The summed E-state index contributed by atoms with van der Waals surface area (Å²) >= 11 is 0. The van der Waals surface area contributed by atoms with Crippen LogP contribution in [0.2, 0.25) is 0 Å². The minimum absolute atomic E-state index is 0.0524. The van der Waals surface area contributed by atoms with Gasteiger partial charge < -0.3 is 15.2 Å². The van der Waals surface area contributed by atoms with Gasteiger partial charge in [0, 0.05) is 16.5 Å². The molecule has 4 aromatic rings. The summed E-state index contributed by atoms with van der Waals surface area (Å²) in [6.07, 6.45) is -2.03. The maximum Gasteiger partial charge on any atom is 0.305 e. The third kappa shape index (κ3) is 6.35. The Bertz CT molecular complexity index is 1850. The number of benzene rings is 4. The number of rotatable bonds is 10. The van der Waals surface area contributed by atoms with Crippen molar-refractivity contribution in [3.8, 4) is 0 Å². The molecule has 0 saturated carbocycles. The molecule has 0 radical (unpaired) electrons. The molecule has 0 aliphatic carbocycles. The van der Waals surface area contributed by atoms with Crippen molar-refractivity contribution in [2.75, 3.05) is 11.4 Å². The number of hydrogen-bond acceptors (Lipinski definition) is 7. The second-order valence-electron chi connectivity index (χ2n) is 9.69. The lowest BCUT2D eigenvalue weighted by molar-refractivity contribution is -0.138. The van der Waals surface area contributed by atoms with E-state index in [1.54, 1.807) is 91.0 Å². The molecule has 2 amide bonds. The molecule has 11 nitrogen and oxygen atoms in total. The number of carboxylic acid groups (broad SMARTS) is 1. The first-order valence-corrected chi connectivity index (χ1v) is 14.7. The standard InChI is InChI=1S/C31H26N4O7S/c36-19-22(17-28(38)39)32-27(37)18-35-25-15-7-6-14-24(25)29(21-10-2-1-3-11-21)33-30(31(35)40)34-43(41,42)26-16-8-12-20-9-4-5-13-23(20)26/h1-16,19,22,30,34H,17-18H2,(H,32,37)(H,38,39)/t22-,30?/m0/s1. The lowest BCUT2D eigenvalue weighted by atomic mass is 10.0. The number of benzodiazepines with no additional fused rings is 1. The molecule has 0 bridgehead atoms. The van der Waals surface area contributed by atoms with Crippen LogP contribution >= 0.6 is 0 Å². The number of hydrogen-bond donors (Lipinski definition) is 3. The molecule has 0 saturated heterocycles. The van der Waals surface area contributed by atoms with E-state index in [-0.39, 0.29) is 10.6 Å². The fourth-order valence-corrected chi connectivity index (χ4v) is 6.16. The van der Waals surface area contributed by atoms with Crippen molar-refractivity contribution in [2.24, 2.45) is 4.99 Å². The fraction of sp³-hybridized carbons (Fsp3) is 0.129. The quantitative estimate of drug-likeness (QED) is 0.236. The maximum atomic E-state index is 14.1. The fourth-order valence-electron chi connectivity index (χ4n) is 4.85. The molecule has 0 fully saturated rings. The normalized spacial score (nSPS) is 15.6. The Morgan fingerprint density at radius 2 is 1.60 bits per heavy atom. The minimum Gasteiger partial charge on any atom is -0.481 e. The average molecular weight is 599 g/mol. The zero-order valence-corrected chi connectivity index (χ0v) is 23.4. The van der Waals surface area contributed by atoms with E-state index in [2.05, 4.69) is 15.0 Å². The Labute approximate surface area is 246 Å². The number of aliphatic carboxylic acids is 1. The number of para-hydroxylation sites is 1. The molecule has 5 rings (SSSR count). The first kappa shape index (κ1) is 29.3. The van der Waals surface area contributed by atoms with Crippen molar-refractivity contribution in [3.05, 3.63) is 108 Å². The van der Waals surface area contributed by atoms with E-state index in [4.69, 9.17) is 5.11 Å². The van der Waals surface area contributed by atoms with Crippen LogP contribution in [0.25, 0.3) is 10.8 Å². The summed E-state index contributed by atoms with van der Waals surface area (Å²) in [5, 5.41) is 12.5. The number of carbonyl (C=O) groups excluding carboxylic acids is 3. The topological polar surface area (TPSA) is 162 Å². The third-order valence-electron chi connectivity index (χ3n) is 6.77. The van der Waals surface area contributed by atoms with Gasteiger partial charge in [-0.3, -0.25) is 24.3 Å². The number of aldehydes is 1. The highest BCUT2D eigenvalue weighted by Gasteiger charge is 2.36. The molecule has 4 aromatic carbocycles. The smallest absolute Gasteiger partial charge is 0.305 e. The van der Waals surface area contributed by atoms with E-state index >= 15 is 0 Å². The lowest BCUT2D eigenvalue weighted by Gasteiger charge is -2.25.